The minimum atomic E-state index is -0.204. The maximum atomic E-state index is 13.3. The molecule has 5 rings (SSSR count). The van der Waals surface area contributed by atoms with Gasteiger partial charge in [0.25, 0.3) is 5.56 Å². The molecule has 0 bridgehead atoms. The van der Waals surface area contributed by atoms with E-state index in [0.29, 0.717) is 47.0 Å². The SMILES string of the molecule is CCCCc1nc2ccc(Br)cc2c(=O)n1N=Cc1ccc(OCc2ccc3c(c2)OCO3)c(OC)c1. The van der Waals surface area contributed by atoms with E-state index in [-0.39, 0.29) is 12.4 Å². The molecule has 0 saturated heterocycles. The van der Waals surface area contributed by atoms with Crippen LogP contribution in [0.25, 0.3) is 10.9 Å². The number of aromatic nitrogens is 2. The van der Waals surface area contributed by atoms with E-state index >= 15 is 0 Å². The number of aryl methyl sites for hydroxylation is 1. The van der Waals surface area contributed by atoms with E-state index in [1.807, 2.05) is 48.5 Å². The second-order valence-electron chi connectivity index (χ2n) is 8.54. The molecule has 9 heteroatoms. The summed E-state index contributed by atoms with van der Waals surface area (Å²) >= 11 is 3.44. The first-order valence-electron chi connectivity index (χ1n) is 12.0. The predicted octanol–water partition coefficient (Wildman–Crippen LogP) is 5.70. The van der Waals surface area contributed by atoms with Crippen molar-refractivity contribution in [3.63, 3.8) is 0 Å². The van der Waals surface area contributed by atoms with Crippen LogP contribution in [0.15, 0.2) is 69.0 Å². The van der Waals surface area contributed by atoms with Gasteiger partial charge in [-0.05, 0) is 66.1 Å². The molecule has 0 saturated carbocycles. The zero-order valence-electron chi connectivity index (χ0n) is 20.6. The van der Waals surface area contributed by atoms with E-state index in [9.17, 15) is 4.79 Å². The number of unbranched alkanes of at least 4 members (excludes halogenated alkanes) is 1. The monoisotopic (exact) mass is 563 g/mol. The Morgan fingerprint density at radius 2 is 1.95 bits per heavy atom. The van der Waals surface area contributed by atoms with Crippen LogP contribution in [0.4, 0.5) is 0 Å². The average molecular weight is 564 g/mol. The quantitative estimate of drug-likeness (QED) is 0.243. The molecule has 3 aromatic carbocycles. The summed E-state index contributed by atoms with van der Waals surface area (Å²) in [6, 6.07) is 16.7. The molecular formula is C28H26BrN3O5. The van der Waals surface area contributed by atoms with Crippen LogP contribution < -0.4 is 24.5 Å². The van der Waals surface area contributed by atoms with Crippen LogP contribution in [0.5, 0.6) is 23.0 Å². The number of hydrogen-bond acceptors (Lipinski definition) is 7. The highest BCUT2D eigenvalue weighted by atomic mass is 79.9. The van der Waals surface area contributed by atoms with E-state index in [4.69, 9.17) is 23.9 Å². The Bertz CT molecular complexity index is 1530. The number of ether oxygens (including phenoxy) is 4. The number of rotatable bonds is 9. The largest absolute Gasteiger partial charge is 0.493 e. The van der Waals surface area contributed by atoms with E-state index in [1.54, 1.807) is 19.4 Å². The number of fused-ring (bicyclic) bond motifs is 2. The number of benzene rings is 3. The summed E-state index contributed by atoms with van der Waals surface area (Å²) in [5, 5.41) is 5.03. The fourth-order valence-electron chi connectivity index (χ4n) is 4.01. The van der Waals surface area contributed by atoms with E-state index < -0.39 is 0 Å². The summed E-state index contributed by atoms with van der Waals surface area (Å²) in [4.78, 5) is 18.0. The highest BCUT2D eigenvalue weighted by Gasteiger charge is 2.14. The van der Waals surface area contributed by atoms with Crippen molar-refractivity contribution >= 4 is 33.0 Å². The topological polar surface area (TPSA) is 84.2 Å². The first-order chi connectivity index (χ1) is 18.1. The van der Waals surface area contributed by atoms with E-state index in [2.05, 4.69) is 28.0 Å². The molecule has 0 aliphatic carbocycles. The Kier molecular flexibility index (Phi) is 7.41. The van der Waals surface area contributed by atoms with Gasteiger partial charge < -0.3 is 18.9 Å². The maximum Gasteiger partial charge on any atom is 0.282 e. The van der Waals surface area contributed by atoms with Gasteiger partial charge in [0, 0.05) is 10.9 Å². The van der Waals surface area contributed by atoms with Crippen molar-refractivity contribution in [2.45, 2.75) is 32.8 Å². The van der Waals surface area contributed by atoms with Gasteiger partial charge in [0.05, 0.1) is 24.2 Å². The number of hydrogen-bond donors (Lipinski definition) is 0. The Morgan fingerprint density at radius 1 is 1.08 bits per heavy atom. The molecule has 0 N–H and O–H groups in total. The van der Waals surface area contributed by atoms with Gasteiger partial charge in [-0.25, -0.2) is 4.98 Å². The summed E-state index contributed by atoms with van der Waals surface area (Å²) in [6.07, 6.45) is 4.19. The molecule has 0 amide bonds. The summed E-state index contributed by atoms with van der Waals surface area (Å²) < 4.78 is 24.6. The zero-order valence-corrected chi connectivity index (χ0v) is 22.2. The molecule has 0 atom stereocenters. The lowest BCUT2D eigenvalue weighted by molar-refractivity contribution is 0.174. The smallest absolute Gasteiger partial charge is 0.282 e. The third-order valence-corrected chi connectivity index (χ3v) is 6.46. The minimum Gasteiger partial charge on any atom is -0.493 e. The highest BCUT2D eigenvalue weighted by molar-refractivity contribution is 9.10. The molecule has 8 nitrogen and oxygen atoms in total. The van der Waals surface area contributed by atoms with Crippen molar-refractivity contribution in [3.05, 3.63) is 86.4 Å². The molecule has 1 aliphatic heterocycles. The number of methoxy groups -OCH3 is 1. The van der Waals surface area contributed by atoms with Crippen LogP contribution in [-0.4, -0.2) is 29.8 Å². The summed E-state index contributed by atoms with van der Waals surface area (Å²) in [6.45, 7) is 2.68. The average Bonchev–Trinajstić information content (AvgIpc) is 3.39. The second-order valence-corrected chi connectivity index (χ2v) is 9.46. The molecule has 4 aromatic rings. The minimum absolute atomic E-state index is 0.204. The van der Waals surface area contributed by atoms with E-state index in [0.717, 1.165) is 34.2 Å². The fraction of sp³-hybridized carbons (Fsp3) is 0.250. The van der Waals surface area contributed by atoms with Crippen molar-refractivity contribution in [1.29, 1.82) is 0 Å². The molecular weight excluding hydrogens is 538 g/mol. The molecule has 0 spiro atoms. The molecule has 1 aliphatic rings. The van der Waals surface area contributed by atoms with Gasteiger partial charge in [-0.3, -0.25) is 4.79 Å². The predicted molar refractivity (Wildman–Crippen MR) is 145 cm³/mol. The van der Waals surface area contributed by atoms with Gasteiger partial charge in [0.1, 0.15) is 12.4 Å². The Morgan fingerprint density at radius 3 is 2.78 bits per heavy atom. The normalized spacial score (nSPS) is 12.4. The van der Waals surface area contributed by atoms with Crippen LogP contribution in [-0.2, 0) is 13.0 Å². The van der Waals surface area contributed by atoms with Crippen molar-refractivity contribution in [1.82, 2.24) is 9.66 Å². The number of halogens is 1. The third-order valence-electron chi connectivity index (χ3n) is 5.97. The molecule has 2 heterocycles. The van der Waals surface area contributed by atoms with Gasteiger partial charge in [-0.1, -0.05) is 35.3 Å². The van der Waals surface area contributed by atoms with Crippen LogP contribution in [0.1, 0.15) is 36.7 Å². The van der Waals surface area contributed by atoms with Gasteiger partial charge in [-0.2, -0.15) is 9.78 Å². The molecule has 37 heavy (non-hydrogen) atoms. The van der Waals surface area contributed by atoms with Crippen molar-refractivity contribution in [2.75, 3.05) is 13.9 Å². The summed E-state index contributed by atoms with van der Waals surface area (Å²) in [5.74, 6) is 3.23. The van der Waals surface area contributed by atoms with Crippen molar-refractivity contribution in [3.8, 4) is 23.0 Å². The first-order valence-corrected chi connectivity index (χ1v) is 12.8. The van der Waals surface area contributed by atoms with Gasteiger partial charge in [0.2, 0.25) is 6.79 Å². The Labute approximate surface area is 222 Å². The molecule has 0 unspecified atom stereocenters. The van der Waals surface area contributed by atoms with Crippen LogP contribution in [0.2, 0.25) is 0 Å². The van der Waals surface area contributed by atoms with Crippen molar-refractivity contribution < 1.29 is 18.9 Å². The lowest BCUT2D eigenvalue weighted by Gasteiger charge is -2.12. The lowest BCUT2D eigenvalue weighted by Crippen LogP contribution is -2.22. The van der Waals surface area contributed by atoms with Gasteiger partial charge in [0.15, 0.2) is 23.0 Å². The van der Waals surface area contributed by atoms with Gasteiger partial charge in [-0.15, -0.1) is 0 Å². The standard InChI is InChI=1S/C28H26BrN3O5/c1-3-4-5-27-31-22-9-8-20(29)14-21(22)28(33)32(27)30-15-18-6-10-23(25(12-18)34-2)35-16-19-7-11-24-26(13-19)37-17-36-24/h6-15H,3-5,16-17H2,1-2H3. The maximum absolute atomic E-state index is 13.3. The molecule has 0 fully saturated rings. The van der Waals surface area contributed by atoms with E-state index in [1.165, 1.54) is 4.68 Å². The Balaban J connectivity index is 1.39. The second kappa shape index (κ2) is 11.0. The fourth-order valence-corrected chi connectivity index (χ4v) is 4.37. The summed E-state index contributed by atoms with van der Waals surface area (Å²) in [7, 11) is 1.59. The van der Waals surface area contributed by atoms with Crippen LogP contribution in [0.3, 0.4) is 0 Å². The van der Waals surface area contributed by atoms with Crippen LogP contribution in [0, 0.1) is 0 Å². The van der Waals surface area contributed by atoms with Gasteiger partial charge >= 0.3 is 0 Å². The van der Waals surface area contributed by atoms with Crippen molar-refractivity contribution in [2.24, 2.45) is 5.10 Å². The number of nitrogens with zero attached hydrogens (tertiary/aromatic N) is 3. The Hall–Kier alpha value is -3.85. The molecule has 0 radical (unpaired) electrons. The molecule has 1 aromatic heterocycles. The molecule has 190 valence electrons. The highest BCUT2D eigenvalue weighted by Crippen LogP contribution is 2.34. The third kappa shape index (κ3) is 5.46. The lowest BCUT2D eigenvalue weighted by atomic mass is 10.2. The summed E-state index contributed by atoms with van der Waals surface area (Å²) in [5.41, 5.74) is 2.17. The first kappa shape index (κ1) is 24.8. The van der Waals surface area contributed by atoms with Crippen LogP contribution >= 0.6 is 15.9 Å². The zero-order chi connectivity index (χ0) is 25.8.